The summed E-state index contributed by atoms with van der Waals surface area (Å²) >= 11 is 1.06. The summed E-state index contributed by atoms with van der Waals surface area (Å²) in [6.45, 7) is 5.33. The minimum Gasteiger partial charge on any atom is -0.480 e. The van der Waals surface area contributed by atoms with Crippen LogP contribution in [0.25, 0.3) is 0 Å². The zero-order valence-corrected chi connectivity index (χ0v) is 11.4. The summed E-state index contributed by atoms with van der Waals surface area (Å²) in [7, 11) is 0. The van der Waals surface area contributed by atoms with Crippen molar-refractivity contribution >= 4 is 28.3 Å². The molecule has 2 atom stereocenters. The Hall–Kier alpha value is -1.63. The molecule has 1 aromatic rings. The first-order chi connectivity index (χ1) is 8.36. The first-order valence-electron chi connectivity index (χ1n) is 5.63. The lowest BCUT2D eigenvalue weighted by molar-refractivity contribution is -0.140. The molecule has 0 aliphatic carbocycles. The van der Waals surface area contributed by atoms with Gasteiger partial charge >= 0.3 is 5.97 Å². The Bertz CT molecular complexity index is 458. The first kappa shape index (κ1) is 14.4. The Balaban J connectivity index is 2.85. The Kier molecular flexibility index (Phi) is 4.66. The fourth-order valence-electron chi connectivity index (χ4n) is 1.52. The molecule has 2 unspecified atom stereocenters. The Labute approximate surface area is 109 Å². The molecule has 0 saturated carbocycles. The average molecular weight is 271 g/mol. The van der Waals surface area contributed by atoms with Crippen LogP contribution in [-0.4, -0.2) is 28.0 Å². The second kappa shape index (κ2) is 5.81. The van der Waals surface area contributed by atoms with Gasteiger partial charge in [0.05, 0.1) is 5.69 Å². The third-order valence-electron chi connectivity index (χ3n) is 2.79. The van der Waals surface area contributed by atoms with Gasteiger partial charge in [-0.1, -0.05) is 31.6 Å². The number of thiazole rings is 1. The van der Waals surface area contributed by atoms with E-state index in [1.807, 2.05) is 6.92 Å². The van der Waals surface area contributed by atoms with Gasteiger partial charge in [-0.15, -0.1) is 0 Å². The molecule has 0 aromatic carbocycles. The summed E-state index contributed by atoms with van der Waals surface area (Å²) in [6, 6.07) is -0.898. The van der Waals surface area contributed by atoms with Gasteiger partial charge in [0.2, 0.25) is 0 Å². The van der Waals surface area contributed by atoms with Crippen molar-refractivity contribution in [3.8, 4) is 0 Å². The lowest BCUT2D eigenvalue weighted by Gasteiger charge is -2.19. The van der Waals surface area contributed by atoms with Crippen LogP contribution in [0.5, 0.6) is 0 Å². The maximum Gasteiger partial charge on any atom is 0.326 e. The summed E-state index contributed by atoms with van der Waals surface area (Å²) in [4.78, 5) is 27.4. The van der Waals surface area contributed by atoms with E-state index in [0.717, 1.165) is 11.3 Å². The average Bonchev–Trinajstić information content (AvgIpc) is 2.63. The van der Waals surface area contributed by atoms with Crippen LogP contribution < -0.4 is 11.1 Å². The highest BCUT2D eigenvalue weighted by Gasteiger charge is 2.27. The number of carbonyl (C=O) groups excluding carboxylic acids is 1. The number of aliphatic carboxylic acids is 1. The summed E-state index contributed by atoms with van der Waals surface area (Å²) < 4.78 is 0. The van der Waals surface area contributed by atoms with Crippen LogP contribution in [0, 0.1) is 12.8 Å². The highest BCUT2D eigenvalue weighted by Crippen LogP contribution is 2.20. The zero-order chi connectivity index (χ0) is 13.9. The zero-order valence-electron chi connectivity index (χ0n) is 10.6. The molecule has 1 heterocycles. The third kappa shape index (κ3) is 3.19. The van der Waals surface area contributed by atoms with Gasteiger partial charge < -0.3 is 16.2 Å². The monoisotopic (exact) mass is 271 g/mol. The highest BCUT2D eigenvalue weighted by molar-refractivity contribution is 7.17. The summed E-state index contributed by atoms with van der Waals surface area (Å²) in [5, 5.41) is 11.9. The minimum atomic E-state index is -1.03. The van der Waals surface area contributed by atoms with Crippen LogP contribution >= 0.6 is 11.3 Å². The van der Waals surface area contributed by atoms with Crippen molar-refractivity contribution in [2.45, 2.75) is 33.2 Å². The van der Waals surface area contributed by atoms with Crippen molar-refractivity contribution in [1.82, 2.24) is 10.3 Å². The van der Waals surface area contributed by atoms with Crippen molar-refractivity contribution in [1.29, 1.82) is 0 Å². The van der Waals surface area contributed by atoms with Crippen molar-refractivity contribution < 1.29 is 14.7 Å². The number of carboxylic acids is 1. The standard InChI is InChI=1S/C11H17N3O3S/c1-4-5(2)7(10(16)17)14-9(15)8-6(3)13-11(12)18-8/h5,7H,4H2,1-3H3,(H2,12,13)(H,14,15)(H,16,17). The topological polar surface area (TPSA) is 105 Å². The molecule has 6 nitrogen and oxygen atoms in total. The molecule has 18 heavy (non-hydrogen) atoms. The van der Waals surface area contributed by atoms with Crippen molar-refractivity contribution in [3.63, 3.8) is 0 Å². The van der Waals surface area contributed by atoms with Crippen LogP contribution in [0.1, 0.15) is 35.6 Å². The van der Waals surface area contributed by atoms with Crippen molar-refractivity contribution in [2.75, 3.05) is 5.73 Å². The van der Waals surface area contributed by atoms with E-state index in [2.05, 4.69) is 10.3 Å². The number of hydrogen-bond acceptors (Lipinski definition) is 5. The quantitative estimate of drug-likeness (QED) is 0.747. The summed E-state index contributed by atoms with van der Waals surface area (Å²) in [6.07, 6.45) is 0.668. The number of rotatable bonds is 5. The number of carbonyl (C=O) groups is 2. The number of nitrogens with two attached hydrogens (primary N) is 1. The van der Waals surface area contributed by atoms with Gasteiger partial charge in [-0.3, -0.25) is 4.79 Å². The van der Waals surface area contributed by atoms with Crippen LogP contribution in [0.4, 0.5) is 5.13 Å². The van der Waals surface area contributed by atoms with E-state index in [0.29, 0.717) is 22.1 Å². The number of carboxylic acid groups (broad SMARTS) is 1. The molecular weight excluding hydrogens is 254 g/mol. The van der Waals surface area contributed by atoms with E-state index in [1.54, 1.807) is 13.8 Å². The summed E-state index contributed by atoms with van der Waals surface area (Å²) in [5.41, 5.74) is 6.02. The molecule has 0 spiro atoms. The van der Waals surface area contributed by atoms with Crippen LogP contribution in [0.2, 0.25) is 0 Å². The second-order valence-corrected chi connectivity index (χ2v) is 5.17. The number of nitrogens with zero attached hydrogens (tertiary/aromatic N) is 1. The van der Waals surface area contributed by atoms with Crippen LogP contribution in [0.15, 0.2) is 0 Å². The van der Waals surface area contributed by atoms with Gasteiger partial charge in [-0.2, -0.15) is 0 Å². The van der Waals surface area contributed by atoms with E-state index in [1.165, 1.54) is 0 Å². The maximum absolute atomic E-state index is 12.0. The van der Waals surface area contributed by atoms with E-state index >= 15 is 0 Å². The molecule has 0 saturated heterocycles. The molecule has 0 bridgehead atoms. The minimum absolute atomic E-state index is 0.142. The number of anilines is 1. The SMILES string of the molecule is CCC(C)C(NC(=O)c1sc(N)nc1C)C(=O)O. The van der Waals surface area contributed by atoms with Crippen LogP contribution in [0.3, 0.4) is 0 Å². The van der Waals surface area contributed by atoms with Gasteiger partial charge in [-0.25, -0.2) is 9.78 Å². The molecule has 1 amide bonds. The molecule has 100 valence electrons. The fraction of sp³-hybridized carbons (Fsp3) is 0.545. The smallest absolute Gasteiger partial charge is 0.326 e. The Morgan fingerprint density at radius 1 is 1.56 bits per heavy atom. The summed E-state index contributed by atoms with van der Waals surface area (Å²) in [5.74, 6) is -1.61. The molecule has 0 radical (unpaired) electrons. The molecule has 1 rings (SSSR count). The normalized spacial score (nSPS) is 13.9. The fourth-order valence-corrected chi connectivity index (χ4v) is 2.25. The number of aryl methyl sites for hydroxylation is 1. The molecule has 0 fully saturated rings. The van der Waals surface area contributed by atoms with Gasteiger partial charge in [-0.05, 0) is 12.8 Å². The predicted octanol–water partition coefficient (Wildman–Crippen LogP) is 1.26. The number of nitrogens with one attached hydrogen (secondary N) is 1. The number of hydrogen-bond donors (Lipinski definition) is 3. The largest absolute Gasteiger partial charge is 0.480 e. The molecular formula is C11H17N3O3S. The van der Waals surface area contributed by atoms with Gasteiger partial charge in [0.1, 0.15) is 10.9 Å². The van der Waals surface area contributed by atoms with Gasteiger partial charge in [0, 0.05) is 0 Å². The molecule has 0 aliphatic rings. The van der Waals surface area contributed by atoms with Gasteiger partial charge in [0.25, 0.3) is 5.91 Å². The van der Waals surface area contributed by atoms with E-state index in [4.69, 9.17) is 10.8 Å². The van der Waals surface area contributed by atoms with Crippen molar-refractivity contribution in [2.24, 2.45) is 5.92 Å². The van der Waals surface area contributed by atoms with E-state index in [-0.39, 0.29) is 5.92 Å². The maximum atomic E-state index is 12.0. The number of nitrogen functional groups attached to an aromatic ring is 1. The number of aromatic nitrogens is 1. The number of amides is 1. The van der Waals surface area contributed by atoms with Crippen LogP contribution in [-0.2, 0) is 4.79 Å². The third-order valence-corrected chi connectivity index (χ3v) is 3.77. The molecule has 1 aromatic heterocycles. The Morgan fingerprint density at radius 2 is 2.17 bits per heavy atom. The molecule has 4 N–H and O–H groups in total. The second-order valence-electron chi connectivity index (χ2n) is 4.14. The van der Waals surface area contributed by atoms with E-state index in [9.17, 15) is 9.59 Å². The van der Waals surface area contributed by atoms with Gasteiger partial charge in [0.15, 0.2) is 5.13 Å². The lowest BCUT2D eigenvalue weighted by Crippen LogP contribution is -2.44. The van der Waals surface area contributed by atoms with Crippen molar-refractivity contribution in [3.05, 3.63) is 10.6 Å². The molecule has 7 heteroatoms. The highest BCUT2D eigenvalue weighted by atomic mass is 32.1. The first-order valence-corrected chi connectivity index (χ1v) is 6.45. The predicted molar refractivity (Wildman–Crippen MR) is 69.6 cm³/mol. The molecule has 0 aliphatic heterocycles. The lowest BCUT2D eigenvalue weighted by atomic mass is 9.99. The Morgan fingerprint density at radius 3 is 2.56 bits per heavy atom. The van der Waals surface area contributed by atoms with E-state index < -0.39 is 17.9 Å².